The third-order valence-corrected chi connectivity index (χ3v) is 3.69. The van der Waals surface area contributed by atoms with Crippen LogP contribution in [0, 0.1) is 11.8 Å². The predicted octanol–water partition coefficient (Wildman–Crippen LogP) is 2.48. The van der Waals surface area contributed by atoms with Gasteiger partial charge in [0, 0.05) is 6.54 Å². The molecule has 1 heterocycles. The maximum atomic E-state index is 5.83. The average molecular weight is 212 g/mol. The van der Waals surface area contributed by atoms with Crippen molar-refractivity contribution in [3.05, 3.63) is 0 Å². The van der Waals surface area contributed by atoms with Gasteiger partial charge in [0.2, 0.25) is 0 Å². The standard InChI is InChI=1S/C13H28N2/c1-12(2)13(10-14)11-15-8-6-4-3-5-7-9-15/h12-13H,3-11,14H2,1-2H3. The Balaban J connectivity index is 2.32. The van der Waals surface area contributed by atoms with E-state index in [-0.39, 0.29) is 0 Å². The number of hydrogen-bond acceptors (Lipinski definition) is 2. The summed E-state index contributed by atoms with van der Waals surface area (Å²) in [6, 6.07) is 0. The fraction of sp³-hybridized carbons (Fsp3) is 1.00. The van der Waals surface area contributed by atoms with Crippen LogP contribution in [0.25, 0.3) is 0 Å². The lowest BCUT2D eigenvalue weighted by Crippen LogP contribution is -2.37. The van der Waals surface area contributed by atoms with Crippen LogP contribution in [0.2, 0.25) is 0 Å². The molecule has 1 atom stereocenters. The summed E-state index contributed by atoms with van der Waals surface area (Å²) < 4.78 is 0. The lowest BCUT2D eigenvalue weighted by molar-refractivity contribution is 0.190. The van der Waals surface area contributed by atoms with Gasteiger partial charge < -0.3 is 10.6 Å². The van der Waals surface area contributed by atoms with Gasteiger partial charge in [0.05, 0.1) is 0 Å². The van der Waals surface area contributed by atoms with E-state index in [0.717, 1.165) is 12.5 Å². The van der Waals surface area contributed by atoms with Crippen molar-refractivity contribution in [3.8, 4) is 0 Å². The Bertz CT molecular complexity index is 149. The van der Waals surface area contributed by atoms with E-state index in [2.05, 4.69) is 18.7 Å². The van der Waals surface area contributed by atoms with E-state index >= 15 is 0 Å². The van der Waals surface area contributed by atoms with Crippen LogP contribution < -0.4 is 5.73 Å². The number of nitrogens with two attached hydrogens (primary N) is 1. The highest BCUT2D eigenvalue weighted by atomic mass is 15.1. The molecule has 0 aromatic heterocycles. The minimum atomic E-state index is 0.685. The Hall–Kier alpha value is -0.0800. The van der Waals surface area contributed by atoms with Crippen molar-refractivity contribution in [3.63, 3.8) is 0 Å². The molecule has 0 aromatic rings. The molecule has 0 aliphatic carbocycles. The maximum absolute atomic E-state index is 5.83. The molecule has 0 saturated carbocycles. The lowest BCUT2D eigenvalue weighted by atomic mass is 9.95. The minimum Gasteiger partial charge on any atom is -0.330 e. The molecule has 1 rings (SSSR count). The molecule has 0 aromatic carbocycles. The van der Waals surface area contributed by atoms with Gasteiger partial charge in [-0.3, -0.25) is 0 Å². The molecule has 2 N–H and O–H groups in total. The van der Waals surface area contributed by atoms with Crippen LogP contribution in [0.3, 0.4) is 0 Å². The summed E-state index contributed by atoms with van der Waals surface area (Å²) in [5, 5.41) is 0. The average Bonchev–Trinajstić information content (AvgIpc) is 2.15. The third kappa shape index (κ3) is 4.98. The molecule has 0 bridgehead atoms. The summed E-state index contributed by atoms with van der Waals surface area (Å²) in [7, 11) is 0. The highest BCUT2D eigenvalue weighted by Crippen LogP contribution is 2.15. The Kier molecular flexibility index (Phi) is 6.26. The fourth-order valence-corrected chi connectivity index (χ4v) is 2.38. The first kappa shape index (κ1) is 13.0. The van der Waals surface area contributed by atoms with E-state index in [1.807, 2.05) is 0 Å². The Labute approximate surface area is 95.2 Å². The molecule has 1 aliphatic heterocycles. The van der Waals surface area contributed by atoms with Crippen molar-refractivity contribution < 1.29 is 0 Å². The second-order valence-corrected chi connectivity index (χ2v) is 5.31. The third-order valence-electron chi connectivity index (χ3n) is 3.69. The molecule has 2 heteroatoms. The first-order valence-corrected chi connectivity index (χ1v) is 6.66. The quantitative estimate of drug-likeness (QED) is 0.776. The van der Waals surface area contributed by atoms with Crippen LogP contribution in [-0.2, 0) is 0 Å². The molecular weight excluding hydrogens is 184 g/mol. The van der Waals surface area contributed by atoms with Crippen molar-refractivity contribution in [2.24, 2.45) is 17.6 Å². The molecule has 0 amide bonds. The van der Waals surface area contributed by atoms with Gasteiger partial charge >= 0.3 is 0 Å². The zero-order valence-corrected chi connectivity index (χ0v) is 10.5. The number of likely N-dealkylation sites (tertiary alicyclic amines) is 1. The van der Waals surface area contributed by atoms with Crippen LogP contribution in [-0.4, -0.2) is 31.1 Å². The number of rotatable bonds is 4. The topological polar surface area (TPSA) is 29.3 Å². The molecule has 0 spiro atoms. The first-order chi connectivity index (χ1) is 7.24. The summed E-state index contributed by atoms with van der Waals surface area (Å²) in [5.41, 5.74) is 5.83. The number of nitrogens with zero attached hydrogens (tertiary/aromatic N) is 1. The predicted molar refractivity (Wildman–Crippen MR) is 66.9 cm³/mol. The highest BCUT2D eigenvalue weighted by molar-refractivity contribution is 4.71. The van der Waals surface area contributed by atoms with E-state index in [1.54, 1.807) is 0 Å². The largest absolute Gasteiger partial charge is 0.330 e. The first-order valence-electron chi connectivity index (χ1n) is 6.66. The van der Waals surface area contributed by atoms with E-state index in [4.69, 9.17) is 5.73 Å². The second kappa shape index (κ2) is 7.24. The summed E-state index contributed by atoms with van der Waals surface area (Å²) in [4.78, 5) is 2.64. The molecule has 1 unspecified atom stereocenters. The SMILES string of the molecule is CC(C)C(CN)CN1CCCCCCC1. The summed E-state index contributed by atoms with van der Waals surface area (Å²) in [6.45, 7) is 9.23. The zero-order chi connectivity index (χ0) is 11.1. The Morgan fingerprint density at radius 1 is 1.00 bits per heavy atom. The molecule has 15 heavy (non-hydrogen) atoms. The Morgan fingerprint density at radius 2 is 1.53 bits per heavy atom. The van der Waals surface area contributed by atoms with Crippen molar-refractivity contribution in [1.82, 2.24) is 4.90 Å². The van der Waals surface area contributed by atoms with Gasteiger partial charge in [-0.2, -0.15) is 0 Å². The molecule has 2 nitrogen and oxygen atoms in total. The molecule has 90 valence electrons. The summed E-state index contributed by atoms with van der Waals surface area (Å²) in [5.74, 6) is 1.41. The van der Waals surface area contributed by atoms with Gasteiger partial charge in [-0.15, -0.1) is 0 Å². The van der Waals surface area contributed by atoms with Gasteiger partial charge in [0.25, 0.3) is 0 Å². The van der Waals surface area contributed by atoms with Crippen molar-refractivity contribution in [2.45, 2.75) is 46.0 Å². The van der Waals surface area contributed by atoms with Gasteiger partial charge in [-0.25, -0.2) is 0 Å². The van der Waals surface area contributed by atoms with Gasteiger partial charge in [0.1, 0.15) is 0 Å². The normalized spacial score (nSPS) is 22.4. The van der Waals surface area contributed by atoms with E-state index in [1.165, 1.54) is 51.7 Å². The van der Waals surface area contributed by atoms with Crippen LogP contribution in [0.5, 0.6) is 0 Å². The summed E-state index contributed by atoms with van der Waals surface area (Å²) >= 11 is 0. The zero-order valence-electron chi connectivity index (χ0n) is 10.5. The molecule has 0 radical (unpaired) electrons. The van der Waals surface area contributed by atoms with E-state index < -0.39 is 0 Å². The van der Waals surface area contributed by atoms with Crippen LogP contribution >= 0.6 is 0 Å². The Morgan fingerprint density at radius 3 is 2.00 bits per heavy atom. The fourth-order valence-electron chi connectivity index (χ4n) is 2.38. The number of hydrogen-bond donors (Lipinski definition) is 1. The molecule has 1 saturated heterocycles. The van der Waals surface area contributed by atoms with Gasteiger partial charge in [-0.1, -0.05) is 33.1 Å². The smallest absolute Gasteiger partial charge is 0.00242 e. The van der Waals surface area contributed by atoms with Crippen molar-refractivity contribution in [2.75, 3.05) is 26.2 Å². The molecule has 1 fully saturated rings. The molecular formula is C13H28N2. The minimum absolute atomic E-state index is 0.685. The van der Waals surface area contributed by atoms with Crippen LogP contribution in [0.1, 0.15) is 46.0 Å². The summed E-state index contributed by atoms with van der Waals surface area (Å²) in [6.07, 6.45) is 7.06. The highest BCUT2D eigenvalue weighted by Gasteiger charge is 2.16. The van der Waals surface area contributed by atoms with Gasteiger partial charge in [-0.05, 0) is 44.3 Å². The van der Waals surface area contributed by atoms with Crippen molar-refractivity contribution >= 4 is 0 Å². The second-order valence-electron chi connectivity index (χ2n) is 5.31. The monoisotopic (exact) mass is 212 g/mol. The lowest BCUT2D eigenvalue weighted by Gasteiger charge is -2.30. The van der Waals surface area contributed by atoms with Crippen molar-refractivity contribution in [1.29, 1.82) is 0 Å². The maximum Gasteiger partial charge on any atom is 0.00242 e. The molecule has 1 aliphatic rings. The van der Waals surface area contributed by atoms with Gasteiger partial charge in [0.15, 0.2) is 0 Å². The van der Waals surface area contributed by atoms with Crippen LogP contribution in [0.15, 0.2) is 0 Å². The van der Waals surface area contributed by atoms with Crippen LogP contribution in [0.4, 0.5) is 0 Å². The van der Waals surface area contributed by atoms with E-state index in [9.17, 15) is 0 Å². The van der Waals surface area contributed by atoms with E-state index in [0.29, 0.717) is 5.92 Å².